The Hall–Kier alpha value is -1.99. The highest BCUT2D eigenvalue weighted by atomic mass is 16.5. The number of hydrogen-bond donors (Lipinski definition) is 1. The van der Waals surface area contributed by atoms with Gasteiger partial charge in [-0.05, 0) is 18.1 Å². The maximum atomic E-state index is 13.0. The van der Waals surface area contributed by atoms with Gasteiger partial charge in [-0.1, -0.05) is 6.07 Å². The lowest BCUT2D eigenvalue weighted by Crippen LogP contribution is -2.52. The van der Waals surface area contributed by atoms with Crippen LogP contribution in [0.5, 0.6) is 0 Å². The Bertz CT molecular complexity index is 675. The zero-order valence-corrected chi connectivity index (χ0v) is 15.0. The molecule has 0 bridgehead atoms. The summed E-state index contributed by atoms with van der Waals surface area (Å²) in [7, 11) is 0. The Balaban J connectivity index is 1.38. The number of pyridine rings is 1. The van der Waals surface area contributed by atoms with E-state index in [0.717, 1.165) is 17.7 Å². The minimum atomic E-state index is -0.128. The van der Waals surface area contributed by atoms with E-state index in [9.17, 15) is 9.59 Å². The number of nitrogens with zero attached hydrogens (tertiary/aromatic N) is 3. The molecule has 4 rings (SSSR count). The Morgan fingerprint density at radius 3 is 2.58 bits per heavy atom. The lowest BCUT2D eigenvalue weighted by molar-refractivity contribution is -0.143. The largest absolute Gasteiger partial charge is 0.378 e. The first-order valence-electron chi connectivity index (χ1n) is 9.51. The van der Waals surface area contributed by atoms with Crippen LogP contribution in [0.15, 0.2) is 18.3 Å². The number of rotatable bonds is 2. The van der Waals surface area contributed by atoms with E-state index in [1.165, 1.54) is 0 Å². The molecule has 3 aliphatic heterocycles. The van der Waals surface area contributed by atoms with Crippen LogP contribution in [-0.2, 0) is 27.3 Å². The predicted octanol–water partition coefficient (Wildman–Crippen LogP) is 0.0508. The van der Waals surface area contributed by atoms with E-state index in [1.54, 1.807) is 0 Å². The van der Waals surface area contributed by atoms with Crippen LogP contribution in [-0.4, -0.2) is 72.5 Å². The van der Waals surface area contributed by atoms with Gasteiger partial charge < -0.3 is 19.9 Å². The maximum Gasteiger partial charge on any atom is 0.227 e. The second-order valence-corrected chi connectivity index (χ2v) is 7.34. The van der Waals surface area contributed by atoms with E-state index in [2.05, 4.69) is 10.3 Å². The van der Waals surface area contributed by atoms with Crippen molar-refractivity contribution in [3.05, 3.63) is 29.6 Å². The van der Waals surface area contributed by atoms with E-state index < -0.39 is 0 Å². The standard InChI is InChI=1S/C19H26N4O3/c24-18(22-6-8-26-9-7-22)15-10-16(12-20-11-15)19(25)23-5-3-17-14(13-23)2-1-4-21-17/h1-2,4,15-16,20H,3,5-13H2/t15-,16+/m1/s1. The molecule has 0 aromatic carbocycles. The number of amides is 2. The summed E-state index contributed by atoms with van der Waals surface area (Å²) in [5, 5.41) is 3.31. The third-order valence-corrected chi connectivity index (χ3v) is 5.65. The van der Waals surface area contributed by atoms with Gasteiger partial charge in [-0.25, -0.2) is 0 Å². The second-order valence-electron chi connectivity index (χ2n) is 7.34. The van der Waals surface area contributed by atoms with Crippen molar-refractivity contribution in [3.63, 3.8) is 0 Å². The van der Waals surface area contributed by atoms with Gasteiger partial charge in [0, 0.05) is 57.6 Å². The van der Waals surface area contributed by atoms with Crippen molar-refractivity contribution < 1.29 is 14.3 Å². The highest BCUT2D eigenvalue weighted by Crippen LogP contribution is 2.24. The van der Waals surface area contributed by atoms with Gasteiger partial charge in [0.15, 0.2) is 0 Å². The van der Waals surface area contributed by atoms with Crippen LogP contribution < -0.4 is 5.32 Å². The molecular weight excluding hydrogens is 332 g/mol. The van der Waals surface area contributed by atoms with E-state index in [-0.39, 0.29) is 23.7 Å². The molecule has 4 heterocycles. The molecule has 2 amide bonds. The number of aromatic nitrogens is 1. The van der Waals surface area contributed by atoms with E-state index >= 15 is 0 Å². The molecule has 1 N–H and O–H groups in total. The fraction of sp³-hybridized carbons (Fsp3) is 0.632. The Morgan fingerprint density at radius 2 is 1.81 bits per heavy atom. The third kappa shape index (κ3) is 3.59. The summed E-state index contributed by atoms with van der Waals surface area (Å²) >= 11 is 0. The van der Waals surface area contributed by atoms with Crippen molar-refractivity contribution in [1.82, 2.24) is 20.1 Å². The predicted molar refractivity (Wildman–Crippen MR) is 95.2 cm³/mol. The van der Waals surface area contributed by atoms with E-state index in [4.69, 9.17) is 4.74 Å². The van der Waals surface area contributed by atoms with Crippen molar-refractivity contribution in [2.45, 2.75) is 19.4 Å². The molecule has 1 aromatic rings. The smallest absolute Gasteiger partial charge is 0.227 e. The summed E-state index contributed by atoms with van der Waals surface area (Å²) in [5.74, 6) is 0.0736. The molecule has 2 saturated heterocycles. The average molecular weight is 358 g/mol. The number of carbonyl (C=O) groups is 2. The number of ether oxygens (including phenoxy) is 1. The van der Waals surface area contributed by atoms with E-state index in [1.807, 2.05) is 28.1 Å². The van der Waals surface area contributed by atoms with Crippen molar-refractivity contribution in [2.75, 3.05) is 45.9 Å². The molecule has 0 saturated carbocycles. The third-order valence-electron chi connectivity index (χ3n) is 5.65. The van der Waals surface area contributed by atoms with E-state index in [0.29, 0.717) is 58.9 Å². The van der Waals surface area contributed by atoms with Gasteiger partial charge in [-0.15, -0.1) is 0 Å². The van der Waals surface area contributed by atoms with Crippen molar-refractivity contribution in [2.24, 2.45) is 11.8 Å². The molecule has 140 valence electrons. The van der Waals surface area contributed by atoms with Crippen LogP contribution in [0.3, 0.4) is 0 Å². The van der Waals surface area contributed by atoms with Gasteiger partial charge in [0.1, 0.15) is 0 Å². The molecule has 3 aliphatic rings. The van der Waals surface area contributed by atoms with Gasteiger partial charge in [0.25, 0.3) is 0 Å². The highest BCUT2D eigenvalue weighted by Gasteiger charge is 2.36. The first kappa shape index (κ1) is 17.4. The number of piperidine rings is 1. The summed E-state index contributed by atoms with van der Waals surface area (Å²) in [6, 6.07) is 3.97. The Kier molecular flexibility index (Phi) is 5.17. The SMILES string of the molecule is O=C([C@H]1CNC[C@@H](C(=O)N2CCc3ncccc3C2)C1)N1CCOCC1. The number of nitrogens with one attached hydrogen (secondary N) is 1. The topological polar surface area (TPSA) is 74.8 Å². The van der Waals surface area contributed by atoms with Crippen molar-refractivity contribution >= 4 is 11.8 Å². The molecule has 0 radical (unpaired) electrons. The quantitative estimate of drug-likeness (QED) is 0.809. The number of fused-ring (bicyclic) bond motifs is 1. The molecular formula is C19H26N4O3. The lowest BCUT2D eigenvalue weighted by atomic mass is 9.88. The Morgan fingerprint density at radius 1 is 1.08 bits per heavy atom. The number of carbonyl (C=O) groups excluding carboxylic acids is 2. The van der Waals surface area contributed by atoms with Crippen LogP contribution >= 0.6 is 0 Å². The van der Waals surface area contributed by atoms with Crippen LogP contribution in [0.1, 0.15) is 17.7 Å². The minimum absolute atomic E-state index is 0.116. The summed E-state index contributed by atoms with van der Waals surface area (Å²) in [5.41, 5.74) is 2.23. The Labute approximate surface area is 153 Å². The molecule has 0 unspecified atom stereocenters. The van der Waals surface area contributed by atoms with Crippen LogP contribution in [0.4, 0.5) is 0 Å². The first-order valence-corrected chi connectivity index (χ1v) is 9.51. The van der Waals surface area contributed by atoms with Crippen molar-refractivity contribution in [3.8, 4) is 0 Å². The van der Waals surface area contributed by atoms with Gasteiger partial charge in [0.2, 0.25) is 11.8 Å². The molecule has 0 spiro atoms. The fourth-order valence-electron chi connectivity index (χ4n) is 4.17. The lowest BCUT2D eigenvalue weighted by Gasteiger charge is -2.37. The zero-order chi connectivity index (χ0) is 17.9. The van der Waals surface area contributed by atoms with Crippen molar-refractivity contribution in [1.29, 1.82) is 0 Å². The molecule has 0 aliphatic carbocycles. The monoisotopic (exact) mass is 358 g/mol. The number of hydrogen-bond acceptors (Lipinski definition) is 5. The second kappa shape index (κ2) is 7.72. The fourth-order valence-corrected chi connectivity index (χ4v) is 4.17. The van der Waals surface area contributed by atoms with Gasteiger partial charge in [-0.3, -0.25) is 14.6 Å². The summed E-state index contributed by atoms with van der Waals surface area (Å²) in [4.78, 5) is 34.0. The summed E-state index contributed by atoms with van der Waals surface area (Å²) in [6.07, 6.45) is 3.25. The first-order chi connectivity index (χ1) is 12.7. The maximum absolute atomic E-state index is 13.0. The molecule has 7 heteroatoms. The van der Waals surface area contributed by atoms with Gasteiger partial charge in [-0.2, -0.15) is 0 Å². The molecule has 2 fully saturated rings. The van der Waals surface area contributed by atoms with Gasteiger partial charge in [0.05, 0.1) is 25.0 Å². The summed E-state index contributed by atoms with van der Waals surface area (Å²) in [6.45, 7) is 5.18. The van der Waals surface area contributed by atoms with Crippen LogP contribution in [0, 0.1) is 11.8 Å². The zero-order valence-electron chi connectivity index (χ0n) is 15.0. The molecule has 2 atom stereocenters. The average Bonchev–Trinajstić information content (AvgIpc) is 2.73. The van der Waals surface area contributed by atoms with Crippen LogP contribution in [0.2, 0.25) is 0 Å². The molecule has 1 aromatic heterocycles. The van der Waals surface area contributed by atoms with Gasteiger partial charge >= 0.3 is 0 Å². The summed E-state index contributed by atoms with van der Waals surface area (Å²) < 4.78 is 5.33. The highest BCUT2D eigenvalue weighted by molar-refractivity contribution is 5.83. The van der Waals surface area contributed by atoms with Crippen LogP contribution in [0.25, 0.3) is 0 Å². The minimum Gasteiger partial charge on any atom is -0.378 e. The normalized spacial score (nSPS) is 26.3. The molecule has 7 nitrogen and oxygen atoms in total. The number of morpholine rings is 1. The molecule has 26 heavy (non-hydrogen) atoms.